The molecule has 2 aromatic rings. The summed E-state index contributed by atoms with van der Waals surface area (Å²) in [4.78, 5) is 15.9. The number of nitrogens with one attached hydrogen (secondary N) is 4. The van der Waals surface area contributed by atoms with Crippen molar-refractivity contribution in [3.63, 3.8) is 0 Å². The smallest absolute Gasteiger partial charge is 0.441 e. The summed E-state index contributed by atoms with van der Waals surface area (Å²) in [7, 11) is 0. The minimum Gasteiger partial charge on any atom is -0.846 e. The number of hydrogen-bond acceptors (Lipinski definition) is 5. The number of quaternary nitrogens is 1. The molecule has 0 aliphatic carbocycles. The van der Waals surface area contributed by atoms with Gasteiger partial charge in [0.15, 0.2) is 0 Å². The number of hydrogen-bond donors (Lipinski definition) is 7. The van der Waals surface area contributed by atoms with Crippen LogP contribution in [0.5, 0.6) is 0 Å². The predicted molar refractivity (Wildman–Crippen MR) is 157 cm³/mol. The van der Waals surface area contributed by atoms with Gasteiger partial charge in [-0.05, 0) is 49.2 Å². The maximum absolute atomic E-state index is 13.1. The number of nitrogens with zero attached hydrogens (tertiary/aromatic N) is 2. The molecule has 1 aliphatic rings. The molecule has 0 spiro atoms. The van der Waals surface area contributed by atoms with E-state index in [0.717, 1.165) is 0 Å². The average Bonchev–Trinajstić information content (AvgIpc) is 3.45. The highest BCUT2D eigenvalue weighted by Gasteiger charge is 2.39. The molecule has 2 amide bonds. The third-order valence-corrected chi connectivity index (χ3v) is 7.44. The highest BCUT2D eigenvalue weighted by Crippen LogP contribution is 2.39. The summed E-state index contributed by atoms with van der Waals surface area (Å²) >= 11 is 0. The maximum Gasteiger partial charge on any atom is 0.441 e. The number of aliphatic imine (C=N–C) groups is 1. The van der Waals surface area contributed by atoms with Gasteiger partial charge in [-0.1, -0.05) is 0 Å². The summed E-state index contributed by atoms with van der Waals surface area (Å²) in [6.45, 7) is -1.55. The van der Waals surface area contributed by atoms with Gasteiger partial charge < -0.3 is 31.3 Å². The van der Waals surface area contributed by atoms with Crippen LogP contribution in [-0.2, 0) is 24.7 Å². The summed E-state index contributed by atoms with van der Waals surface area (Å²) in [6.07, 6.45) is -19.7. The molecule has 2 aromatic carbocycles. The first-order valence-corrected chi connectivity index (χ1v) is 15.1. The summed E-state index contributed by atoms with van der Waals surface area (Å²) in [5.41, 5.74) is -8.20. The van der Waals surface area contributed by atoms with Gasteiger partial charge in [-0.25, -0.2) is 20.0 Å². The van der Waals surface area contributed by atoms with E-state index in [1.54, 1.807) is 4.58 Å². The Morgan fingerprint density at radius 2 is 1.13 bits per heavy atom. The first-order chi connectivity index (χ1) is 24.0. The van der Waals surface area contributed by atoms with Gasteiger partial charge in [-0.2, -0.15) is 52.7 Å². The van der Waals surface area contributed by atoms with Gasteiger partial charge in [-0.15, -0.1) is 0 Å². The Hall–Kier alpha value is -4.51. The molecule has 2 atom stereocenters. The van der Waals surface area contributed by atoms with Gasteiger partial charge >= 0.3 is 36.7 Å². The number of guanidine groups is 1. The van der Waals surface area contributed by atoms with Gasteiger partial charge in [0.25, 0.3) is 0 Å². The van der Waals surface area contributed by atoms with Crippen LogP contribution in [0.25, 0.3) is 0 Å². The molecule has 23 heteroatoms. The van der Waals surface area contributed by atoms with Crippen molar-refractivity contribution in [1.29, 1.82) is 0 Å². The van der Waals surface area contributed by atoms with E-state index in [9.17, 15) is 72.8 Å². The molecule has 1 fully saturated rings. The lowest BCUT2D eigenvalue weighted by atomic mass is 10.1. The summed E-state index contributed by atoms with van der Waals surface area (Å²) < 4.78 is 159. The quantitative estimate of drug-likeness (QED) is 0.0648. The van der Waals surface area contributed by atoms with Crippen LogP contribution in [0, 0.1) is 0 Å². The Morgan fingerprint density at radius 3 is 1.54 bits per heavy atom. The maximum atomic E-state index is 13.1. The Bertz CT molecular complexity index is 1530. The van der Waals surface area contributed by atoms with Crippen molar-refractivity contribution in [3.05, 3.63) is 58.7 Å². The summed E-state index contributed by atoms with van der Waals surface area (Å²) in [5.74, 6) is 0.244. The first kappa shape index (κ1) is 41.9. The number of amides is 2. The lowest BCUT2D eigenvalue weighted by Crippen LogP contribution is -2.94. The number of carbonyl (C=O) groups is 1. The number of halogens is 12. The molecule has 52 heavy (non-hydrogen) atoms. The molecule has 0 aromatic heterocycles. The van der Waals surface area contributed by atoms with Crippen LogP contribution in [0.4, 0.5) is 68.9 Å². The van der Waals surface area contributed by atoms with Crippen molar-refractivity contribution < 1.29 is 82.7 Å². The summed E-state index contributed by atoms with van der Waals surface area (Å²) in [5, 5.41) is 42.3. The Morgan fingerprint density at radius 1 is 0.712 bits per heavy atom. The molecule has 3 rings (SSSR count). The standard InChI is InChI=1S/C29H31F12N7O4/c30-26(31,32)15-7-16(27(33,34)35)10-19(9-15)46-24(51)44-5-3-42-23(48-21(13-49)1-2-22(48)14-50)43-4-6-45-25(52)47-20-11-17(28(36,37)38)8-18(12-20)29(39,40)41/h7-12,21-22,49-50H,1-6,13-14H2,(H5,42,43,44,45,46,47,51,52)/p+1/t21-,22-/m0/s1. The second kappa shape index (κ2) is 16.9. The number of aliphatic hydroxyl groups is 2. The number of amidine groups is 1. The van der Waals surface area contributed by atoms with E-state index >= 15 is 0 Å². The topological polar surface area (TPSA) is 161 Å². The number of aliphatic hydroxyl groups excluding tert-OH is 2. The molecule has 290 valence electrons. The van der Waals surface area contributed by atoms with E-state index in [1.807, 2.05) is 10.6 Å². The second-order valence-corrected chi connectivity index (χ2v) is 11.2. The number of benzene rings is 2. The number of anilines is 2. The molecular formula is C29H32F12N7O4+. The first-order valence-electron chi connectivity index (χ1n) is 15.1. The third kappa shape index (κ3) is 12.0. The van der Waals surface area contributed by atoms with Crippen molar-refractivity contribution in [2.75, 3.05) is 50.0 Å². The van der Waals surface area contributed by atoms with Gasteiger partial charge in [0.2, 0.25) is 0 Å². The highest BCUT2D eigenvalue weighted by atomic mass is 19.4. The van der Waals surface area contributed by atoms with Crippen molar-refractivity contribution >= 4 is 29.4 Å². The Balaban J connectivity index is 1.67. The average molecular weight is 771 g/mol. The van der Waals surface area contributed by atoms with Gasteiger partial charge in [0.05, 0.1) is 54.6 Å². The SMILES string of the molecule is O=C(NCC[NH2+]C(NCCN=C([O-])Nc1cc(C(F)(F)F)cc(C(F)(F)F)c1)=[N+]1[C@H](CO)CC[C@H]1CO)Nc1cc(C(F)(F)F)cc(C(F)(F)F)c1. The van der Waals surface area contributed by atoms with Gasteiger partial charge in [0, 0.05) is 11.4 Å². The molecular weight excluding hydrogens is 738 g/mol. The molecule has 11 nitrogen and oxygen atoms in total. The van der Waals surface area contributed by atoms with Crippen LogP contribution in [0.15, 0.2) is 41.4 Å². The van der Waals surface area contributed by atoms with E-state index < -0.39 is 82.5 Å². The molecule has 8 N–H and O–H groups in total. The molecule has 1 aliphatic heterocycles. The van der Waals surface area contributed by atoms with Crippen LogP contribution in [0.1, 0.15) is 35.1 Å². The minimum atomic E-state index is -5.15. The third-order valence-electron chi connectivity index (χ3n) is 7.44. The van der Waals surface area contributed by atoms with Crippen LogP contribution in [0.2, 0.25) is 0 Å². The fourth-order valence-corrected chi connectivity index (χ4v) is 5.11. The lowest BCUT2D eigenvalue weighted by molar-refractivity contribution is -0.666. The van der Waals surface area contributed by atoms with Crippen molar-refractivity contribution in [3.8, 4) is 0 Å². The lowest BCUT2D eigenvalue weighted by Gasteiger charge is -2.18. The summed E-state index contributed by atoms with van der Waals surface area (Å²) in [6, 6.07) is -2.44. The van der Waals surface area contributed by atoms with Crippen LogP contribution < -0.4 is 31.7 Å². The van der Waals surface area contributed by atoms with E-state index in [4.69, 9.17) is 0 Å². The van der Waals surface area contributed by atoms with E-state index in [1.165, 1.54) is 5.32 Å². The van der Waals surface area contributed by atoms with E-state index in [-0.39, 0.29) is 57.5 Å². The monoisotopic (exact) mass is 770 g/mol. The number of urea groups is 1. The molecule has 1 saturated heterocycles. The van der Waals surface area contributed by atoms with Crippen molar-refractivity contribution in [2.45, 2.75) is 49.6 Å². The van der Waals surface area contributed by atoms with Crippen molar-refractivity contribution in [1.82, 2.24) is 10.6 Å². The van der Waals surface area contributed by atoms with Crippen LogP contribution in [-0.4, -0.2) is 84.3 Å². The fraction of sp³-hybridized carbons (Fsp3) is 0.483. The zero-order chi connectivity index (χ0) is 39.1. The number of carbonyl (C=O) groups excluding carboxylic acids is 1. The number of nitrogens with two attached hydrogens (primary N) is 1. The minimum absolute atomic E-state index is 0.0341. The van der Waals surface area contributed by atoms with Gasteiger partial charge in [0.1, 0.15) is 25.2 Å². The molecule has 0 unspecified atom stereocenters. The Kier molecular flexibility index (Phi) is 13.6. The highest BCUT2D eigenvalue weighted by molar-refractivity contribution is 5.89. The van der Waals surface area contributed by atoms with E-state index in [2.05, 4.69) is 15.6 Å². The van der Waals surface area contributed by atoms with E-state index in [0.29, 0.717) is 37.1 Å². The molecule has 0 radical (unpaired) electrons. The van der Waals surface area contributed by atoms with Crippen molar-refractivity contribution in [2.24, 2.45) is 4.99 Å². The zero-order valence-electron chi connectivity index (χ0n) is 26.5. The fourth-order valence-electron chi connectivity index (χ4n) is 5.11. The van der Waals surface area contributed by atoms with Crippen LogP contribution in [0.3, 0.4) is 0 Å². The normalized spacial score (nSPS) is 17.3. The zero-order valence-corrected chi connectivity index (χ0v) is 26.5. The molecule has 0 bridgehead atoms. The second-order valence-electron chi connectivity index (χ2n) is 11.2. The Labute approximate surface area is 286 Å². The largest absolute Gasteiger partial charge is 0.846 e. The van der Waals surface area contributed by atoms with Crippen LogP contribution >= 0.6 is 0 Å². The number of rotatable bonds is 10. The molecule has 1 heterocycles. The number of alkyl halides is 12. The predicted octanol–water partition coefficient (Wildman–Crippen LogP) is 2.75. The van der Waals surface area contributed by atoms with Gasteiger partial charge in [-0.3, -0.25) is 4.99 Å². The molecule has 0 saturated carbocycles.